The van der Waals surface area contributed by atoms with Gasteiger partial charge in [-0.2, -0.15) is 4.31 Å². The minimum Gasteiger partial charge on any atom is -0.322 e. The molecule has 0 aromatic heterocycles. The molecule has 0 radical (unpaired) electrons. The van der Waals surface area contributed by atoms with Crippen LogP contribution in [0.3, 0.4) is 0 Å². The largest absolute Gasteiger partial charge is 0.322 e. The first-order valence-corrected chi connectivity index (χ1v) is 10.6. The molecule has 0 saturated carbocycles. The number of amides is 1. The molecule has 1 N–H and O–H groups in total. The number of halogens is 1. The summed E-state index contributed by atoms with van der Waals surface area (Å²) in [5.74, 6) is -0.705. The van der Waals surface area contributed by atoms with E-state index in [-0.39, 0.29) is 17.3 Å². The van der Waals surface area contributed by atoms with Crippen molar-refractivity contribution in [3.05, 3.63) is 95.3 Å². The minimum atomic E-state index is -3.72. The smallest absolute Gasteiger partial charge is 0.255 e. The number of nitrogens with one attached hydrogen (secondary N) is 1. The molecule has 1 aliphatic rings. The summed E-state index contributed by atoms with van der Waals surface area (Å²) in [6.07, 6.45) is 0.572. The van der Waals surface area contributed by atoms with Crippen LogP contribution in [-0.4, -0.2) is 25.2 Å². The van der Waals surface area contributed by atoms with Crippen LogP contribution in [0.25, 0.3) is 0 Å². The highest BCUT2D eigenvalue weighted by Crippen LogP contribution is 2.27. The zero-order chi connectivity index (χ0) is 20.4. The van der Waals surface area contributed by atoms with E-state index in [2.05, 4.69) is 5.32 Å². The highest BCUT2D eigenvalue weighted by Gasteiger charge is 2.28. The molecule has 3 aromatic rings. The fourth-order valence-corrected chi connectivity index (χ4v) is 4.78. The Morgan fingerprint density at radius 3 is 2.38 bits per heavy atom. The van der Waals surface area contributed by atoms with Crippen LogP contribution >= 0.6 is 0 Å². The number of benzene rings is 3. The highest BCUT2D eigenvalue weighted by atomic mass is 32.2. The third-order valence-electron chi connectivity index (χ3n) is 4.93. The molecule has 1 aliphatic heterocycles. The third kappa shape index (κ3) is 4.06. The van der Waals surface area contributed by atoms with Crippen LogP contribution < -0.4 is 5.32 Å². The fourth-order valence-electron chi connectivity index (χ4n) is 3.36. The lowest BCUT2D eigenvalue weighted by atomic mass is 10.0. The molecule has 0 aliphatic carbocycles. The van der Waals surface area contributed by atoms with Crippen LogP contribution in [0.5, 0.6) is 0 Å². The maximum absolute atomic E-state index is 13.1. The van der Waals surface area contributed by atoms with Crippen molar-refractivity contribution >= 4 is 21.6 Å². The van der Waals surface area contributed by atoms with Gasteiger partial charge < -0.3 is 5.32 Å². The van der Waals surface area contributed by atoms with E-state index in [1.54, 1.807) is 24.3 Å². The molecular weight excluding hydrogens is 391 g/mol. The predicted octanol–water partition coefficient (Wildman–Crippen LogP) is 3.83. The summed E-state index contributed by atoms with van der Waals surface area (Å²) in [5, 5.41) is 2.85. The molecule has 148 valence electrons. The first-order chi connectivity index (χ1) is 13.9. The second-order valence-electron chi connectivity index (χ2n) is 6.85. The van der Waals surface area contributed by atoms with Gasteiger partial charge in [-0.05, 0) is 66.1 Å². The average molecular weight is 410 g/mol. The van der Waals surface area contributed by atoms with E-state index in [0.29, 0.717) is 24.2 Å². The highest BCUT2D eigenvalue weighted by molar-refractivity contribution is 7.89. The summed E-state index contributed by atoms with van der Waals surface area (Å²) < 4.78 is 40.3. The maximum Gasteiger partial charge on any atom is 0.255 e. The van der Waals surface area contributed by atoms with Gasteiger partial charge in [-0.25, -0.2) is 12.8 Å². The summed E-state index contributed by atoms with van der Waals surface area (Å²) in [6.45, 7) is 0.548. The molecule has 7 heteroatoms. The van der Waals surface area contributed by atoms with E-state index < -0.39 is 15.8 Å². The Balaban J connectivity index is 1.55. The van der Waals surface area contributed by atoms with Gasteiger partial charge in [0.2, 0.25) is 10.0 Å². The molecule has 4 rings (SSSR count). The van der Waals surface area contributed by atoms with Gasteiger partial charge >= 0.3 is 0 Å². The molecule has 1 heterocycles. The number of fused-ring (bicyclic) bond motifs is 1. The first-order valence-electron chi connectivity index (χ1n) is 9.17. The molecule has 3 aromatic carbocycles. The summed E-state index contributed by atoms with van der Waals surface area (Å²) >= 11 is 0. The van der Waals surface area contributed by atoms with Crippen molar-refractivity contribution in [2.45, 2.75) is 17.9 Å². The lowest BCUT2D eigenvalue weighted by Crippen LogP contribution is -2.36. The zero-order valence-electron chi connectivity index (χ0n) is 15.5. The summed E-state index contributed by atoms with van der Waals surface area (Å²) in [7, 11) is -3.72. The van der Waals surface area contributed by atoms with Crippen LogP contribution in [0.1, 0.15) is 21.5 Å². The van der Waals surface area contributed by atoms with Gasteiger partial charge in [0.25, 0.3) is 5.91 Å². The number of rotatable bonds is 4. The number of hydrogen-bond donors (Lipinski definition) is 1. The number of carbonyl (C=O) groups excluding carboxylic acids is 1. The van der Waals surface area contributed by atoms with E-state index in [9.17, 15) is 17.6 Å². The number of sulfonamides is 1. The Morgan fingerprint density at radius 2 is 1.66 bits per heavy atom. The van der Waals surface area contributed by atoms with Crippen molar-refractivity contribution in [3.63, 3.8) is 0 Å². The SMILES string of the molecule is O=C(Nc1ccc2c(c1)CN(S(=O)(=O)c1ccc(F)cc1)CC2)c1ccccc1. The quantitative estimate of drug-likeness (QED) is 0.711. The van der Waals surface area contributed by atoms with Gasteiger partial charge in [-0.1, -0.05) is 24.3 Å². The molecule has 0 saturated heterocycles. The lowest BCUT2D eigenvalue weighted by Gasteiger charge is -2.28. The van der Waals surface area contributed by atoms with Crippen LogP contribution in [0.2, 0.25) is 0 Å². The Hall–Kier alpha value is -3.03. The Bertz CT molecular complexity index is 1150. The second-order valence-corrected chi connectivity index (χ2v) is 8.78. The molecule has 5 nitrogen and oxygen atoms in total. The van der Waals surface area contributed by atoms with Crippen molar-refractivity contribution in [2.75, 3.05) is 11.9 Å². The lowest BCUT2D eigenvalue weighted by molar-refractivity contribution is 0.102. The van der Waals surface area contributed by atoms with Crippen molar-refractivity contribution in [2.24, 2.45) is 0 Å². The van der Waals surface area contributed by atoms with E-state index >= 15 is 0 Å². The summed E-state index contributed by atoms with van der Waals surface area (Å²) in [4.78, 5) is 12.4. The van der Waals surface area contributed by atoms with E-state index in [1.165, 1.54) is 16.4 Å². The molecular formula is C22H19FN2O3S. The normalized spacial score (nSPS) is 14.2. The monoisotopic (exact) mass is 410 g/mol. The maximum atomic E-state index is 13.1. The van der Waals surface area contributed by atoms with Gasteiger partial charge in [0.15, 0.2) is 0 Å². The van der Waals surface area contributed by atoms with Crippen molar-refractivity contribution in [3.8, 4) is 0 Å². The molecule has 0 unspecified atom stereocenters. The number of anilines is 1. The van der Waals surface area contributed by atoms with Crippen molar-refractivity contribution < 1.29 is 17.6 Å². The Morgan fingerprint density at radius 1 is 0.931 bits per heavy atom. The fraction of sp³-hybridized carbons (Fsp3) is 0.136. The molecule has 0 atom stereocenters. The average Bonchev–Trinajstić information content (AvgIpc) is 2.74. The number of nitrogens with zero attached hydrogens (tertiary/aromatic N) is 1. The molecule has 0 bridgehead atoms. The van der Waals surface area contributed by atoms with Crippen LogP contribution in [0, 0.1) is 5.82 Å². The second kappa shape index (κ2) is 7.77. The molecule has 0 spiro atoms. The van der Waals surface area contributed by atoms with E-state index in [4.69, 9.17) is 0 Å². The van der Waals surface area contributed by atoms with Gasteiger partial charge in [-0.15, -0.1) is 0 Å². The van der Waals surface area contributed by atoms with Crippen molar-refractivity contribution in [1.29, 1.82) is 0 Å². The summed E-state index contributed by atoms with van der Waals surface area (Å²) in [5.41, 5.74) is 3.05. The van der Waals surface area contributed by atoms with E-state index in [0.717, 1.165) is 23.3 Å². The molecule has 29 heavy (non-hydrogen) atoms. The Labute approximate surface area is 168 Å². The first kappa shape index (κ1) is 19.3. The minimum absolute atomic E-state index is 0.0656. The topological polar surface area (TPSA) is 66.5 Å². The van der Waals surface area contributed by atoms with Crippen LogP contribution in [0.4, 0.5) is 10.1 Å². The van der Waals surface area contributed by atoms with Crippen LogP contribution in [0.15, 0.2) is 77.7 Å². The molecule has 0 fully saturated rings. The standard InChI is InChI=1S/C22H19FN2O3S/c23-19-7-10-21(11-8-19)29(27,28)25-13-12-16-6-9-20(14-18(16)15-25)24-22(26)17-4-2-1-3-5-17/h1-11,14H,12-13,15H2,(H,24,26). The van der Waals surface area contributed by atoms with Gasteiger partial charge in [0.05, 0.1) is 4.90 Å². The third-order valence-corrected chi connectivity index (χ3v) is 6.79. The van der Waals surface area contributed by atoms with Crippen molar-refractivity contribution in [1.82, 2.24) is 4.31 Å². The van der Waals surface area contributed by atoms with Gasteiger partial charge in [0, 0.05) is 24.3 Å². The Kier molecular flexibility index (Phi) is 5.17. The number of hydrogen-bond acceptors (Lipinski definition) is 3. The molecule has 1 amide bonds. The van der Waals surface area contributed by atoms with Crippen LogP contribution in [-0.2, 0) is 23.0 Å². The van der Waals surface area contributed by atoms with Gasteiger partial charge in [-0.3, -0.25) is 4.79 Å². The zero-order valence-corrected chi connectivity index (χ0v) is 16.3. The summed E-state index contributed by atoms with van der Waals surface area (Å²) in [6, 6.07) is 19.3. The van der Waals surface area contributed by atoms with Gasteiger partial charge in [0.1, 0.15) is 5.82 Å². The van der Waals surface area contributed by atoms with E-state index in [1.807, 2.05) is 24.3 Å². The number of carbonyl (C=O) groups is 1. The predicted molar refractivity (Wildman–Crippen MR) is 109 cm³/mol.